The maximum atomic E-state index is 3.95. The fourth-order valence-electron chi connectivity index (χ4n) is 1.32. The van der Waals surface area contributed by atoms with E-state index in [2.05, 4.69) is 23.7 Å². The van der Waals surface area contributed by atoms with Crippen molar-refractivity contribution in [2.24, 2.45) is 0 Å². The van der Waals surface area contributed by atoms with Crippen molar-refractivity contribution in [1.29, 1.82) is 0 Å². The Morgan fingerprint density at radius 3 is 2.55 bits per heavy atom. The van der Waals surface area contributed by atoms with Crippen LogP contribution in [-0.2, 0) is 0 Å². The fraction of sp³-hybridized carbons (Fsp3) is 0.778. The van der Waals surface area contributed by atoms with Gasteiger partial charge in [-0.15, -0.1) is 0 Å². The van der Waals surface area contributed by atoms with Gasteiger partial charge in [0.15, 0.2) is 0 Å². The molecule has 1 rings (SSSR count). The number of rotatable bonds is 4. The highest BCUT2D eigenvalue weighted by Gasteiger charge is 2.17. The minimum Gasteiger partial charge on any atom is -0.312 e. The van der Waals surface area contributed by atoms with Crippen molar-refractivity contribution in [3.05, 3.63) is 12.2 Å². The number of likely N-dealkylation sites (N-methyl/N-ethyl adjacent to an activating group) is 1. The van der Waals surface area contributed by atoms with E-state index in [-0.39, 0.29) is 0 Å². The molecule has 0 saturated carbocycles. The highest BCUT2D eigenvalue weighted by atomic mass is 15.2. The molecular weight excluding hydrogens is 136 g/mol. The molecule has 1 atom stereocenters. The quantitative estimate of drug-likeness (QED) is 0.604. The lowest BCUT2D eigenvalue weighted by Crippen LogP contribution is -2.46. The van der Waals surface area contributed by atoms with E-state index in [1.54, 1.807) is 0 Å². The Bertz CT molecular complexity index is 138. The summed E-state index contributed by atoms with van der Waals surface area (Å²) in [6, 6.07) is 0.482. The second-order valence-corrected chi connectivity index (χ2v) is 3.34. The first-order chi connectivity index (χ1) is 5.24. The van der Waals surface area contributed by atoms with Gasteiger partial charge < -0.3 is 10.2 Å². The maximum Gasteiger partial charge on any atom is 0.0400 e. The predicted octanol–water partition coefficient (Wildman–Crippen LogP) is 0.856. The molecule has 0 aromatic rings. The van der Waals surface area contributed by atoms with Crippen LogP contribution in [0.15, 0.2) is 12.2 Å². The van der Waals surface area contributed by atoms with Crippen molar-refractivity contribution >= 4 is 0 Å². The van der Waals surface area contributed by atoms with Crippen LogP contribution in [0.3, 0.4) is 0 Å². The van der Waals surface area contributed by atoms with Gasteiger partial charge in [-0.25, -0.2) is 0 Å². The zero-order chi connectivity index (χ0) is 8.27. The van der Waals surface area contributed by atoms with Gasteiger partial charge in [-0.3, -0.25) is 0 Å². The first-order valence-electron chi connectivity index (χ1n) is 4.29. The van der Waals surface area contributed by atoms with E-state index in [1.807, 2.05) is 7.05 Å². The van der Waals surface area contributed by atoms with Gasteiger partial charge in [-0.1, -0.05) is 12.2 Å². The Morgan fingerprint density at radius 2 is 2.27 bits per heavy atom. The second kappa shape index (κ2) is 3.88. The van der Waals surface area contributed by atoms with Gasteiger partial charge in [0.25, 0.3) is 0 Å². The van der Waals surface area contributed by atoms with Crippen LogP contribution in [-0.4, -0.2) is 37.6 Å². The van der Waals surface area contributed by atoms with E-state index in [0.717, 1.165) is 6.54 Å². The topological polar surface area (TPSA) is 15.3 Å². The Kier molecular flexibility index (Phi) is 3.09. The molecule has 1 unspecified atom stereocenters. The Balaban J connectivity index is 2.24. The van der Waals surface area contributed by atoms with Gasteiger partial charge in [0.05, 0.1) is 0 Å². The molecule has 0 spiro atoms. The van der Waals surface area contributed by atoms with Crippen molar-refractivity contribution in [3.63, 3.8) is 0 Å². The average Bonchev–Trinajstić information content (AvgIpc) is 1.85. The largest absolute Gasteiger partial charge is 0.312 e. The van der Waals surface area contributed by atoms with Crippen molar-refractivity contribution in [3.8, 4) is 0 Å². The predicted molar refractivity (Wildman–Crippen MR) is 48.7 cm³/mol. The molecule has 11 heavy (non-hydrogen) atoms. The zero-order valence-electron chi connectivity index (χ0n) is 7.56. The third-order valence-corrected chi connectivity index (χ3v) is 2.33. The maximum absolute atomic E-state index is 3.95. The number of likely N-dealkylation sites (tertiary alicyclic amines) is 1. The Morgan fingerprint density at radius 1 is 1.64 bits per heavy atom. The van der Waals surface area contributed by atoms with Gasteiger partial charge in [-0.05, 0) is 33.5 Å². The van der Waals surface area contributed by atoms with Crippen molar-refractivity contribution in [1.82, 2.24) is 10.2 Å². The molecule has 0 aromatic carbocycles. The molecule has 0 amide bonds. The number of nitrogens with one attached hydrogen (secondary N) is 1. The standard InChI is InChI=1S/C9H18N2/c1-8(2)9(10-3)7-11-5-4-6-11/h9-10H,1,4-7H2,2-3H3. The van der Waals surface area contributed by atoms with Gasteiger partial charge in [0.1, 0.15) is 0 Å². The second-order valence-electron chi connectivity index (χ2n) is 3.34. The fourth-order valence-corrected chi connectivity index (χ4v) is 1.32. The van der Waals surface area contributed by atoms with Gasteiger partial charge in [0.2, 0.25) is 0 Å². The molecule has 2 nitrogen and oxygen atoms in total. The number of hydrogen-bond acceptors (Lipinski definition) is 2. The third-order valence-electron chi connectivity index (χ3n) is 2.33. The lowest BCUT2D eigenvalue weighted by molar-refractivity contribution is 0.170. The molecule has 0 bridgehead atoms. The summed E-state index contributed by atoms with van der Waals surface area (Å²) in [6.45, 7) is 9.70. The SMILES string of the molecule is C=C(C)C(CN1CCC1)NC. The van der Waals surface area contributed by atoms with E-state index in [4.69, 9.17) is 0 Å². The van der Waals surface area contributed by atoms with Gasteiger partial charge in [0, 0.05) is 12.6 Å². The summed E-state index contributed by atoms with van der Waals surface area (Å²) in [7, 11) is 2.00. The molecule has 1 aliphatic heterocycles. The Hall–Kier alpha value is -0.340. The Labute approximate surface area is 69.3 Å². The summed E-state index contributed by atoms with van der Waals surface area (Å²) in [6.07, 6.45) is 1.37. The molecule has 1 aliphatic rings. The van der Waals surface area contributed by atoms with Crippen LogP contribution in [0.4, 0.5) is 0 Å². The highest BCUT2D eigenvalue weighted by molar-refractivity contribution is 5.02. The van der Waals surface area contributed by atoms with Gasteiger partial charge in [-0.2, -0.15) is 0 Å². The summed E-state index contributed by atoms with van der Waals surface area (Å²) in [4.78, 5) is 2.45. The summed E-state index contributed by atoms with van der Waals surface area (Å²) >= 11 is 0. The van der Waals surface area contributed by atoms with Crippen LogP contribution >= 0.6 is 0 Å². The van der Waals surface area contributed by atoms with Gasteiger partial charge >= 0.3 is 0 Å². The lowest BCUT2D eigenvalue weighted by atomic mass is 10.1. The van der Waals surface area contributed by atoms with Crippen molar-refractivity contribution < 1.29 is 0 Å². The minimum absolute atomic E-state index is 0.482. The summed E-state index contributed by atoms with van der Waals surface area (Å²) < 4.78 is 0. The summed E-state index contributed by atoms with van der Waals surface area (Å²) in [5, 5.41) is 3.26. The summed E-state index contributed by atoms with van der Waals surface area (Å²) in [5.74, 6) is 0. The molecule has 1 heterocycles. The lowest BCUT2D eigenvalue weighted by Gasteiger charge is -2.34. The van der Waals surface area contributed by atoms with Crippen LogP contribution in [0.5, 0.6) is 0 Å². The highest BCUT2D eigenvalue weighted by Crippen LogP contribution is 2.08. The van der Waals surface area contributed by atoms with Crippen LogP contribution < -0.4 is 5.32 Å². The smallest absolute Gasteiger partial charge is 0.0400 e. The molecule has 0 radical (unpaired) electrons. The molecule has 0 aliphatic carbocycles. The first kappa shape index (κ1) is 8.75. The molecule has 1 N–H and O–H groups in total. The van der Waals surface area contributed by atoms with Crippen LogP contribution in [0, 0.1) is 0 Å². The van der Waals surface area contributed by atoms with E-state index >= 15 is 0 Å². The minimum atomic E-state index is 0.482. The van der Waals surface area contributed by atoms with E-state index < -0.39 is 0 Å². The number of hydrogen-bond donors (Lipinski definition) is 1. The molecule has 0 aromatic heterocycles. The average molecular weight is 154 g/mol. The third kappa shape index (κ3) is 2.31. The van der Waals surface area contributed by atoms with E-state index in [1.165, 1.54) is 25.1 Å². The molecular formula is C9H18N2. The van der Waals surface area contributed by atoms with Crippen molar-refractivity contribution in [2.45, 2.75) is 19.4 Å². The van der Waals surface area contributed by atoms with Crippen LogP contribution in [0.2, 0.25) is 0 Å². The monoisotopic (exact) mass is 154 g/mol. The van der Waals surface area contributed by atoms with Crippen LogP contribution in [0.25, 0.3) is 0 Å². The molecule has 2 heteroatoms. The van der Waals surface area contributed by atoms with Crippen molar-refractivity contribution in [2.75, 3.05) is 26.7 Å². The molecule has 64 valence electrons. The molecule has 1 saturated heterocycles. The number of nitrogens with zero attached hydrogens (tertiary/aromatic N) is 1. The van der Waals surface area contributed by atoms with E-state index in [9.17, 15) is 0 Å². The zero-order valence-corrected chi connectivity index (χ0v) is 7.56. The van der Waals surface area contributed by atoms with Crippen LogP contribution in [0.1, 0.15) is 13.3 Å². The van der Waals surface area contributed by atoms with E-state index in [0.29, 0.717) is 6.04 Å². The molecule has 1 fully saturated rings. The summed E-state index contributed by atoms with van der Waals surface area (Å²) in [5.41, 5.74) is 1.24. The normalized spacial score (nSPS) is 20.9. The first-order valence-corrected chi connectivity index (χ1v) is 4.29.